The normalized spacial score (nSPS) is 16.0. The van der Waals surface area contributed by atoms with Gasteiger partial charge in [0, 0.05) is 19.5 Å². The Morgan fingerprint density at radius 2 is 1.93 bits per heavy atom. The standard InChI is InChI=1S/C24H28N2O2/c1-24(2,3)28-23(27)26(4)16-19-7-5-10-22-20(8-6-9-21(19)22)18-13-11-17(15-25)12-14-18/h6,8-9,11-14,19H,5,7,10,16H2,1-4H3. The van der Waals surface area contributed by atoms with Gasteiger partial charge in [-0.25, -0.2) is 4.79 Å². The van der Waals surface area contributed by atoms with E-state index in [2.05, 4.69) is 24.3 Å². The Hall–Kier alpha value is -2.80. The molecule has 0 fully saturated rings. The van der Waals surface area contributed by atoms with Gasteiger partial charge in [-0.15, -0.1) is 0 Å². The lowest BCUT2D eigenvalue weighted by Crippen LogP contribution is -2.37. The third-order valence-corrected chi connectivity index (χ3v) is 5.16. The van der Waals surface area contributed by atoms with Crippen molar-refractivity contribution in [2.75, 3.05) is 13.6 Å². The molecule has 28 heavy (non-hydrogen) atoms. The van der Waals surface area contributed by atoms with E-state index in [9.17, 15) is 4.79 Å². The maximum Gasteiger partial charge on any atom is 0.410 e. The molecule has 1 unspecified atom stereocenters. The number of ether oxygens (including phenoxy) is 1. The molecule has 0 aliphatic heterocycles. The SMILES string of the molecule is CN(CC1CCCc2c(-c3ccc(C#N)cc3)cccc21)C(=O)OC(C)(C)C. The van der Waals surface area contributed by atoms with Crippen molar-refractivity contribution in [3.63, 3.8) is 0 Å². The minimum absolute atomic E-state index is 0.275. The molecular formula is C24H28N2O2. The molecule has 2 aromatic rings. The highest BCUT2D eigenvalue weighted by Crippen LogP contribution is 2.38. The first-order valence-electron chi connectivity index (χ1n) is 9.85. The highest BCUT2D eigenvalue weighted by molar-refractivity contribution is 5.71. The van der Waals surface area contributed by atoms with Crippen molar-refractivity contribution in [2.45, 2.75) is 51.6 Å². The van der Waals surface area contributed by atoms with E-state index in [0.29, 0.717) is 18.0 Å². The Balaban J connectivity index is 1.84. The third kappa shape index (κ3) is 4.54. The van der Waals surface area contributed by atoms with Crippen LogP contribution in [0.5, 0.6) is 0 Å². The van der Waals surface area contributed by atoms with Gasteiger partial charge in [0.15, 0.2) is 0 Å². The number of benzene rings is 2. The predicted octanol–water partition coefficient (Wildman–Crippen LogP) is 5.51. The Kier molecular flexibility index (Phi) is 5.74. The predicted molar refractivity (Wildman–Crippen MR) is 111 cm³/mol. The molecule has 1 amide bonds. The summed E-state index contributed by atoms with van der Waals surface area (Å²) >= 11 is 0. The first-order chi connectivity index (χ1) is 13.3. The summed E-state index contributed by atoms with van der Waals surface area (Å²) in [6.07, 6.45) is 2.94. The quantitative estimate of drug-likeness (QED) is 0.709. The molecule has 1 aliphatic rings. The number of nitriles is 1. The summed E-state index contributed by atoms with van der Waals surface area (Å²) in [6, 6.07) is 16.4. The average molecular weight is 377 g/mol. The Morgan fingerprint density at radius 1 is 1.21 bits per heavy atom. The number of fused-ring (bicyclic) bond motifs is 1. The second-order valence-corrected chi connectivity index (χ2v) is 8.51. The van der Waals surface area contributed by atoms with E-state index in [1.807, 2.05) is 52.1 Å². The fourth-order valence-corrected chi connectivity index (χ4v) is 3.88. The van der Waals surface area contributed by atoms with Crippen molar-refractivity contribution in [3.8, 4) is 17.2 Å². The molecule has 3 rings (SSSR count). The average Bonchev–Trinajstić information content (AvgIpc) is 2.66. The zero-order valence-electron chi connectivity index (χ0n) is 17.2. The molecule has 0 spiro atoms. The van der Waals surface area contributed by atoms with Gasteiger partial charge in [-0.1, -0.05) is 30.3 Å². The molecule has 0 aromatic heterocycles. The monoisotopic (exact) mass is 376 g/mol. The molecule has 4 heteroatoms. The van der Waals surface area contributed by atoms with Gasteiger partial charge in [0.05, 0.1) is 11.6 Å². The molecule has 0 bridgehead atoms. The molecule has 0 saturated heterocycles. The fourth-order valence-electron chi connectivity index (χ4n) is 3.88. The van der Waals surface area contributed by atoms with Crippen LogP contribution in [0.2, 0.25) is 0 Å². The largest absolute Gasteiger partial charge is 0.444 e. The summed E-state index contributed by atoms with van der Waals surface area (Å²) in [4.78, 5) is 14.1. The van der Waals surface area contributed by atoms with Crippen LogP contribution in [0.1, 0.15) is 56.2 Å². The van der Waals surface area contributed by atoms with Crippen molar-refractivity contribution in [3.05, 3.63) is 59.2 Å². The summed E-state index contributed by atoms with van der Waals surface area (Å²) in [6.45, 7) is 6.31. The van der Waals surface area contributed by atoms with E-state index in [-0.39, 0.29) is 6.09 Å². The molecule has 0 N–H and O–H groups in total. The number of rotatable bonds is 3. The molecule has 4 nitrogen and oxygen atoms in total. The van der Waals surface area contributed by atoms with E-state index in [1.165, 1.54) is 16.7 Å². The smallest absolute Gasteiger partial charge is 0.410 e. The number of hydrogen-bond acceptors (Lipinski definition) is 3. The van der Waals surface area contributed by atoms with Gasteiger partial charge in [0.2, 0.25) is 0 Å². The van der Waals surface area contributed by atoms with Crippen molar-refractivity contribution < 1.29 is 9.53 Å². The molecule has 146 valence electrons. The number of likely N-dealkylation sites (N-methyl/N-ethyl adjacent to an activating group) is 1. The van der Waals surface area contributed by atoms with Crippen molar-refractivity contribution in [1.82, 2.24) is 4.90 Å². The molecule has 2 aromatic carbocycles. The van der Waals surface area contributed by atoms with E-state index >= 15 is 0 Å². The highest BCUT2D eigenvalue weighted by atomic mass is 16.6. The van der Waals surface area contributed by atoms with Crippen molar-refractivity contribution >= 4 is 6.09 Å². The van der Waals surface area contributed by atoms with Gasteiger partial charge in [0.25, 0.3) is 0 Å². The molecule has 0 saturated carbocycles. The molecule has 0 radical (unpaired) electrons. The minimum atomic E-state index is -0.488. The van der Waals surface area contributed by atoms with Crippen molar-refractivity contribution in [2.24, 2.45) is 0 Å². The Morgan fingerprint density at radius 3 is 2.57 bits per heavy atom. The maximum absolute atomic E-state index is 12.4. The topological polar surface area (TPSA) is 53.3 Å². The summed E-state index contributed by atoms with van der Waals surface area (Å²) in [7, 11) is 1.81. The lowest BCUT2D eigenvalue weighted by molar-refractivity contribution is 0.0286. The molecular weight excluding hydrogens is 348 g/mol. The first kappa shape index (κ1) is 19.9. The summed E-state index contributed by atoms with van der Waals surface area (Å²) in [5.74, 6) is 0.305. The van der Waals surface area contributed by atoms with Crippen LogP contribution in [0, 0.1) is 11.3 Å². The van der Waals surface area contributed by atoms with Gasteiger partial charge in [-0.3, -0.25) is 0 Å². The van der Waals surface area contributed by atoms with E-state index in [4.69, 9.17) is 10.00 Å². The number of hydrogen-bond donors (Lipinski definition) is 0. The lowest BCUT2D eigenvalue weighted by Gasteiger charge is -2.32. The van der Waals surface area contributed by atoms with Crippen LogP contribution in [0.4, 0.5) is 4.79 Å². The minimum Gasteiger partial charge on any atom is -0.444 e. The van der Waals surface area contributed by atoms with Gasteiger partial charge < -0.3 is 9.64 Å². The van der Waals surface area contributed by atoms with Crippen LogP contribution >= 0.6 is 0 Å². The second-order valence-electron chi connectivity index (χ2n) is 8.51. The first-order valence-corrected chi connectivity index (χ1v) is 9.85. The Labute approximate surface area is 167 Å². The van der Waals surface area contributed by atoms with Gasteiger partial charge in [-0.05, 0) is 74.4 Å². The second kappa shape index (κ2) is 8.06. The maximum atomic E-state index is 12.4. The van der Waals surface area contributed by atoms with E-state index in [1.54, 1.807) is 4.90 Å². The van der Waals surface area contributed by atoms with E-state index < -0.39 is 5.60 Å². The number of carbonyl (C=O) groups is 1. The zero-order chi connectivity index (χ0) is 20.3. The Bertz CT molecular complexity index is 888. The summed E-state index contributed by atoms with van der Waals surface area (Å²) in [5, 5.41) is 9.03. The number of carbonyl (C=O) groups excluding carboxylic acids is 1. The van der Waals surface area contributed by atoms with Crippen LogP contribution < -0.4 is 0 Å². The van der Waals surface area contributed by atoms with Gasteiger partial charge in [-0.2, -0.15) is 5.26 Å². The van der Waals surface area contributed by atoms with Crippen LogP contribution in [-0.2, 0) is 11.2 Å². The molecule has 0 heterocycles. The zero-order valence-corrected chi connectivity index (χ0v) is 17.2. The third-order valence-electron chi connectivity index (χ3n) is 5.16. The van der Waals surface area contributed by atoms with Crippen molar-refractivity contribution in [1.29, 1.82) is 5.26 Å². The van der Waals surface area contributed by atoms with E-state index in [0.717, 1.165) is 24.8 Å². The number of amides is 1. The van der Waals surface area contributed by atoms with Gasteiger partial charge in [0.1, 0.15) is 5.60 Å². The van der Waals surface area contributed by atoms with Crippen LogP contribution in [0.3, 0.4) is 0 Å². The molecule has 1 atom stereocenters. The fraction of sp³-hybridized carbons (Fsp3) is 0.417. The number of nitrogens with zero attached hydrogens (tertiary/aromatic N) is 2. The molecule has 1 aliphatic carbocycles. The van der Waals surface area contributed by atoms with Gasteiger partial charge >= 0.3 is 6.09 Å². The summed E-state index contributed by atoms with van der Waals surface area (Å²) in [5.41, 5.74) is 5.23. The van der Waals surface area contributed by atoms with Crippen LogP contribution in [-0.4, -0.2) is 30.2 Å². The van der Waals surface area contributed by atoms with Crippen LogP contribution in [0.15, 0.2) is 42.5 Å². The highest BCUT2D eigenvalue weighted by Gasteiger charge is 2.27. The van der Waals surface area contributed by atoms with Crippen LogP contribution in [0.25, 0.3) is 11.1 Å². The summed E-state index contributed by atoms with van der Waals surface area (Å²) < 4.78 is 5.50. The lowest BCUT2D eigenvalue weighted by atomic mass is 9.79.